The highest BCUT2D eigenvalue weighted by Gasteiger charge is 2.44. The number of hydrogen-bond donors (Lipinski definition) is 1. The van der Waals surface area contributed by atoms with Gasteiger partial charge in [-0.25, -0.2) is 0 Å². The van der Waals surface area contributed by atoms with Gasteiger partial charge in [0.15, 0.2) is 0 Å². The van der Waals surface area contributed by atoms with E-state index in [1.165, 1.54) is 0 Å². The summed E-state index contributed by atoms with van der Waals surface area (Å²) in [5.74, 6) is 0. The van der Waals surface area contributed by atoms with Crippen molar-refractivity contribution in [2.75, 3.05) is 19.6 Å². The zero-order valence-electron chi connectivity index (χ0n) is 11.2. The molecule has 2 aliphatic rings. The van der Waals surface area contributed by atoms with Crippen LogP contribution >= 0.6 is 0 Å². The van der Waals surface area contributed by atoms with Crippen LogP contribution in [0.2, 0.25) is 0 Å². The molecular formula is C13H26N2O. The lowest BCUT2D eigenvalue weighted by molar-refractivity contribution is -0.214. The van der Waals surface area contributed by atoms with E-state index >= 15 is 0 Å². The number of hydrogen-bond acceptors (Lipinski definition) is 3. The third-order valence-corrected chi connectivity index (χ3v) is 3.89. The van der Waals surface area contributed by atoms with E-state index in [9.17, 15) is 0 Å². The normalized spacial score (nSPS) is 34.1. The van der Waals surface area contributed by atoms with Crippen LogP contribution in [0, 0.1) is 0 Å². The predicted molar refractivity (Wildman–Crippen MR) is 66.5 cm³/mol. The fourth-order valence-corrected chi connectivity index (χ4v) is 3.31. The fraction of sp³-hybridized carbons (Fsp3) is 1.00. The molecule has 1 atom stereocenters. The molecule has 0 saturated carbocycles. The molecule has 0 amide bonds. The first-order valence-electron chi connectivity index (χ1n) is 6.65. The molecule has 3 nitrogen and oxygen atoms in total. The molecule has 2 heterocycles. The fourth-order valence-electron chi connectivity index (χ4n) is 3.31. The maximum absolute atomic E-state index is 6.33. The summed E-state index contributed by atoms with van der Waals surface area (Å²) < 4.78 is 6.33. The highest BCUT2D eigenvalue weighted by molar-refractivity contribution is 4.95. The van der Waals surface area contributed by atoms with Gasteiger partial charge in [-0.15, -0.1) is 0 Å². The van der Waals surface area contributed by atoms with Crippen molar-refractivity contribution in [3.8, 4) is 0 Å². The van der Waals surface area contributed by atoms with Crippen LogP contribution in [0.15, 0.2) is 0 Å². The zero-order valence-corrected chi connectivity index (χ0v) is 11.2. The van der Waals surface area contributed by atoms with Gasteiger partial charge in [0, 0.05) is 32.0 Å². The Hall–Kier alpha value is -0.120. The van der Waals surface area contributed by atoms with Gasteiger partial charge in [-0.05, 0) is 33.7 Å². The van der Waals surface area contributed by atoms with Crippen molar-refractivity contribution in [1.29, 1.82) is 0 Å². The van der Waals surface area contributed by atoms with Crippen LogP contribution < -0.4 is 5.32 Å². The van der Waals surface area contributed by atoms with Crippen molar-refractivity contribution in [2.24, 2.45) is 0 Å². The second kappa shape index (κ2) is 4.28. The van der Waals surface area contributed by atoms with Crippen LogP contribution in [-0.4, -0.2) is 41.9 Å². The number of rotatable bonds is 1. The van der Waals surface area contributed by atoms with Gasteiger partial charge in [0.2, 0.25) is 0 Å². The van der Waals surface area contributed by atoms with Crippen molar-refractivity contribution in [3.05, 3.63) is 0 Å². The largest absolute Gasteiger partial charge is 0.355 e. The summed E-state index contributed by atoms with van der Waals surface area (Å²) in [5.41, 5.74) is -0.0219. The SMILES string of the molecule is CCN1CCC2(CC1)NC(C)CC(C)(C)O2. The Bertz CT molecular complexity index is 244. The molecule has 0 aromatic heterocycles. The van der Waals surface area contributed by atoms with Gasteiger partial charge in [0.05, 0.1) is 5.60 Å². The quantitative estimate of drug-likeness (QED) is 0.740. The third kappa shape index (κ3) is 2.58. The van der Waals surface area contributed by atoms with Crippen LogP contribution in [-0.2, 0) is 4.74 Å². The molecular weight excluding hydrogens is 200 g/mol. The first-order valence-corrected chi connectivity index (χ1v) is 6.65. The lowest BCUT2D eigenvalue weighted by Crippen LogP contribution is -2.64. The summed E-state index contributed by atoms with van der Waals surface area (Å²) in [6.07, 6.45) is 3.34. The van der Waals surface area contributed by atoms with Crippen molar-refractivity contribution in [1.82, 2.24) is 10.2 Å². The van der Waals surface area contributed by atoms with Crippen molar-refractivity contribution < 1.29 is 4.74 Å². The first-order chi connectivity index (χ1) is 7.45. The minimum atomic E-state index is -0.0488. The number of ether oxygens (including phenoxy) is 1. The predicted octanol–water partition coefficient (Wildman–Crippen LogP) is 1.98. The Balaban J connectivity index is 2.02. The molecule has 0 aliphatic carbocycles. The molecule has 1 N–H and O–H groups in total. The summed E-state index contributed by atoms with van der Waals surface area (Å²) in [6, 6.07) is 0.567. The van der Waals surface area contributed by atoms with Gasteiger partial charge in [0.1, 0.15) is 5.72 Å². The Morgan fingerprint density at radius 3 is 2.44 bits per heavy atom. The monoisotopic (exact) mass is 226 g/mol. The average molecular weight is 226 g/mol. The van der Waals surface area contributed by atoms with Crippen molar-refractivity contribution in [2.45, 2.75) is 64.3 Å². The second-order valence-electron chi connectivity index (χ2n) is 6.04. The molecule has 2 fully saturated rings. The maximum Gasteiger partial charge on any atom is 0.122 e. The summed E-state index contributed by atoms with van der Waals surface area (Å²) in [5, 5.41) is 3.68. The topological polar surface area (TPSA) is 24.5 Å². The Morgan fingerprint density at radius 2 is 1.94 bits per heavy atom. The van der Waals surface area contributed by atoms with E-state index in [2.05, 4.69) is 37.9 Å². The number of piperidine rings is 1. The van der Waals surface area contributed by atoms with E-state index in [-0.39, 0.29) is 11.3 Å². The first kappa shape index (κ1) is 12.3. The van der Waals surface area contributed by atoms with E-state index in [0.29, 0.717) is 6.04 Å². The Kier molecular flexibility index (Phi) is 3.30. The van der Waals surface area contributed by atoms with E-state index < -0.39 is 0 Å². The summed E-state index contributed by atoms with van der Waals surface area (Å²) in [4.78, 5) is 2.50. The van der Waals surface area contributed by atoms with Crippen LogP contribution in [0.25, 0.3) is 0 Å². The van der Waals surface area contributed by atoms with Gasteiger partial charge in [0.25, 0.3) is 0 Å². The standard InChI is InChI=1S/C13H26N2O/c1-5-15-8-6-13(7-9-15)14-11(2)10-12(3,4)16-13/h11,14H,5-10H2,1-4H3. The van der Waals surface area contributed by atoms with Gasteiger partial charge >= 0.3 is 0 Å². The molecule has 0 aromatic rings. The van der Waals surface area contributed by atoms with E-state index in [1.54, 1.807) is 0 Å². The molecule has 1 spiro atoms. The molecule has 0 radical (unpaired) electrons. The zero-order chi connectivity index (χ0) is 11.8. The van der Waals surface area contributed by atoms with Crippen molar-refractivity contribution >= 4 is 0 Å². The Morgan fingerprint density at radius 1 is 1.31 bits per heavy atom. The minimum Gasteiger partial charge on any atom is -0.355 e. The highest BCUT2D eigenvalue weighted by Crippen LogP contribution is 2.35. The van der Waals surface area contributed by atoms with Crippen LogP contribution in [0.3, 0.4) is 0 Å². The highest BCUT2D eigenvalue weighted by atomic mass is 16.5. The summed E-state index contributed by atoms with van der Waals surface area (Å²) >= 11 is 0. The third-order valence-electron chi connectivity index (χ3n) is 3.89. The summed E-state index contributed by atoms with van der Waals surface area (Å²) in [6.45, 7) is 12.4. The number of nitrogens with one attached hydrogen (secondary N) is 1. The van der Waals surface area contributed by atoms with Gasteiger partial charge in [-0.2, -0.15) is 0 Å². The summed E-state index contributed by atoms with van der Waals surface area (Å²) in [7, 11) is 0. The van der Waals surface area contributed by atoms with Gasteiger partial charge < -0.3 is 9.64 Å². The van der Waals surface area contributed by atoms with E-state index in [1.807, 2.05) is 0 Å². The van der Waals surface area contributed by atoms with Crippen LogP contribution in [0.5, 0.6) is 0 Å². The van der Waals surface area contributed by atoms with E-state index in [0.717, 1.165) is 38.9 Å². The average Bonchev–Trinajstić information content (AvgIpc) is 2.15. The van der Waals surface area contributed by atoms with Crippen LogP contribution in [0.1, 0.15) is 47.0 Å². The minimum absolute atomic E-state index is 0.0268. The maximum atomic E-state index is 6.33. The molecule has 1 unspecified atom stereocenters. The van der Waals surface area contributed by atoms with Crippen molar-refractivity contribution in [3.63, 3.8) is 0 Å². The lowest BCUT2D eigenvalue weighted by atomic mass is 9.90. The Labute approximate surface area is 99.5 Å². The van der Waals surface area contributed by atoms with E-state index in [4.69, 9.17) is 4.74 Å². The molecule has 2 saturated heterocycles. The molecule has 2 aliphatic heterocycles. The number of nitrogens with zero attached hydrogens (tertiary/aromatic N) is 1. The molecule has 3 heteroatoms. The second-order valence-corrected chi connectivity index (χ2v) is 6.04. The lowest BCUT2D eigenvalue weighted by Gasteiger charge is -2.52. The smallest absolute Gasteiger partial charge is 0.122 e. The van der Waals surface area contributed by atoms with Crippen LogP contribution in [0.4, 0.5) is 0 Å². The number of likely N-dealkylation sites (tertiary alicyclic amines) is 1. The molecule has 16 heavy (non-hydrogen) atoms. The molecule has 0 aromatic carbocycles. The van der Waals surface area contributed by atoms with Gasteiger partial charge in [-0.1, -0.05) is 6.92 Å². The van der Waals surface area contributed by atoms with Gasteiger partial charge in [-0.3, -0.25) is 5.32 Å². The molecule has 94 valence electrons. The molecule has 2 rings (SSSR count). The molecule has 0 bridgehead atoms.